The van der Waals surface area contributed by atoms with Gasteiger partial charge in [0, 0.05) is 7.11 Å². The lowest BCUT2D eigenvalue weighted by molar-refractivity contribution is -0.0126. The summed E-state index contributed by atoms with van der Waals surface area (Å²) in [4.78, 5) is 25.6. The SMILES string of the molecule is CCc1c(C)c(O)cc(C)c1C(=O)Oc1c(C)c(C)c(C(=O)OCOC)c(C)c1C. The number of phenols is 1. The molecule has 6 heteroatoms. The van der Waals surface area contributed by atoms with Crippen molar-refractivity contribution >= 4 is 11.9 Å². The van der Waals surface area contributed by atoms with Crippen molar-refractivity contribution in [2.75, 3.05) is 13.9 Å². The van der Waals surface area contributed by atoms with Crippen LogP contribution in [-0.2, 0) is 15.9 Å². The Hall–Kier alpha value is -2.86. The maximum absolute atomic E-state index is 13.2. The molecule has 1 N–H and O–H groups in total. The Kier molecular flexibility index (Phi) is 7.26. The highest BCUT2D eigenvalue weighted by molar-refractivity contribution is 5.97. The summed E-state index contributed by atoms with van der Waals surface area (Å²) in [5.74, 6) is -0.356. The molecule has 0 aliphatic heterocycles. The zero-order valence-electron chi connectivity index (χ0n) is 19.0. The Balaban J connectivity index is 2.54. The van der Waals surface area contributed by atoms with E-state index in [2.05, 4.69) is 0 Å². The first-order chi connectivity index (χ1) is 14.1. The zero-order chi connectivity index (χ0) is 22.7. The molecule has 30 heavy (non-hydrogen) atoms. The standard InChI is InChI=1S/C24H30O6/c1-9-18-17(7)19(25)10-12(2)20(18)24(27)30-22-15(5)13(3)21(14(4)16(22)6)23(26)29-11-28-8/h10,25H,9,11H2,1-8H3. The van der Waals surface area contributed by atoms with E-state index in [1.807, 2.05) is 20.8 Å². The lowest BCUT2D eigenvalue weighted by Crippen LogP contribution is -2.18. The first kappa shape index (κ1) is 23.4. The minimum atomic E-state index is -0.479. The van der Waals surface area contributed by atoms with Crippen molar-refractivity contribution in [2.24, 2.45) is 0 Å². The van der Waals surface area contributed by atoms with Gasteiger partial charge in [0.2, 0.25) is 0 Å². The Morgan fingerprint density at radius 3 is 1.93 bits per heavy atom. The number of aryl methyl sites for hydroxylation is 1. The largest absolute Gasteiger partial charge is 0.508 e. The number of carbonyl (C=O) groups is 2. The van der Waals surface area contributed by atoms with Crippen molar-refractivity contribution < 1.29 is 28.9 Å². The predicted octanol–water partition coefficient (Wildman–Crippen LogP) is 4.79. The van der Waals surface area contributed by atoms with Gasteiger partial charge in [-0.05, 0) is 93.0 Å². The van der Waals surface area contributed by atoms with Crippen molar-refractivity contribution in [1.29, 1.82) is 0 Å². The second kappa shape index (κ2) is 9.30. The highest BCUT2D eigenvalue weighted by Crippen LogP contribution is 2.35. The van der Waals surface area contributed by atoms with E-state index in [9.17, 15) is 14.7 Å². The van der Waals surface area contributed by atoms with Crippen molar-refractivity contribution in [1.82, 2.24) is 0 Å². The van der Waals surface area contributed by atoms with Crippen LogP contribution >= 0.6 is 0 Å². The number of ether oxygens (including phenoxy) is 3. The summed E-state index contributed by atoms with van der Waals surface area (Å²) in [5, 5.41) is 10.1. The van der Waals surface area contributed by atoms with Crippen molar-refractivity contribution in [3.05, 3.63) is 56.1 Å². The first-order valence-electron chi connectivity index (χ1n) is 9.87. The Bertz CT molecular complexity index is 975. The molecule has 0 radical (unpaired) electrons. The summed E-state index contributed by atoms with van der Waals surface area (Å²) < 4.78 is 15.8. The van der Waals surface area contributed by atoms with Gasteiger partial charge in [0.15, 0.2) is 6.79 Å². The second-order valence-electron chi connectivity index (χ2n) is 7.48. The van der Waals surface area contributed by atoms with Gasteiger partial charge in [0.25, 0.3) is 0 Å². The maximum Gasteiger partial charge on any atom is 0.344 e. The molecule has 0 unspecified atom stereocenters. The van der Waals surface area contributed by atoms with E-state index in [4.69, 9.17) is 14.2 Å². The molecule has 0 aliphatic carbocycles. The van der Waals surface area contributed by atoms with Crippen molar-refractivity contribution in [2.45, 2.75) is 54.9 Å². The molecular weight excluding hydrogens is 384 g/mol. The summed E-state index contributed by atoms with van der Waals surface area (Å²) in [6.45, 7) is 12.6. The molecule has 2 rings (SSSR count). The first-order valence-corrected chi connectivity index (χ1v) is 9.87. The van der Waals surface area contributed by atoms with Crippen LogP contribution in [0.1, 0.15) is 66.6 Å². The van der Waals surface area contributed by atoms with Gasteiger partial charge in [-0.15, -0.1) is 0 Å². The maximum atomic E-state index is 13.2. The molecule has 162 valence electrons. The minimum Gasteiger partial charge on any atom is -0.508 e. The molecule has 0 bridgehead atoms. The summed E-state index contributed by atoms with van der Waals surface area (Å²) in [5.41, 5.74) is 5.78. The van der Waals surface area contributed by atoms with Crippen molar-refractivity contribution in [3.8, 4) is 11.5 Å². The topological polar surface area (TPSA) is 82.1 Å². The second-order valence-corrected chi connectivity index (χ2v) is 7.48. The summed E-state index contributed by atoms with van der Waals surface area (Å²) >= 11 is 0. The third-order valence-electron chi connectivity index (χ3n) is 5.71. The fraction of sp³-hybridized carbons (Fsp3) is 0.417. The van der Waals surface area contributed by atoms with Crippen LogP contribution in [0.25, 0.3) is 0 Å². The van der Waals surface area contributed by atoms with Gasteiger partial charge in [-0.2, -0.15) is 0 Å². The van der Waals surface area contributed by atoms with Crippen LogP contribution < -0.4 is 4.74 Å². The van der Waals surface area contributed by atoms with Crippen LogP contribution in [0.3, 0.4) is 0 Å². The van der Waals surface area contributed by atoms with Crippen LogP contribution in [0.15, 0.2) is 6.07 Å². The fourth-order valence-corrected chi connectivity index (χ4v) is 3.76. The quantitative estimate of drug-likeness (QED) is 0.416. The van der Waals surface area contributed by atoms with Crippen LogP contribution in [-0.4, -0.2) is 30.9 Å². The summed E-state index contributed by atoms with van der Waals surface area (Å²) in [6.07, 6.45) is 0.589. The highest BCUT2D eigenvalue weighted by Gasteiger charge is 2.25. The number of esters is 2. The van der Waals surface area contributed by atoms with Crippen LogP contribution in [0.4, 0.5) is 0 Å². The average Bonchev–Trinajstić information content (AvgIpc) is 2.70. The van der Waals surface area contributed by atoms with E-state index in [1.54, 1.807) is 33.8 Å². The number of methoxy groups -OCH3 is 1. The number of aromatic hydroxyl groups is 1. The number of benzene rings is 2. The highest BCUT2D eigenvalue weighted by atomic mass is 16.7. The van der Waals surface area contributed by atoms with Crippen LogP contribution in [0.2, 0.25) is 0 Å². The third-order valence-corrected chi connectivity index (χ3v) is 5.71. The molecule has 2 aromatic carbocycles. The zero-order valence-corrected chi connectivity index (χ0v) is 19.0. The van der Waals surface area contributed by atoms with Gasteiger partial charge in [0.1, 0.15) is 11.5 Å². The van der Waals surface area contributed by atoms with Crippen LogP contribution in [0.5, 0.6) is 11.5 Å². The summed E-state index contributed by atoms with van der Waals surface area (Å²) in [7, 11) is 1.45. The Morgan fingerprint density at radius 1 is 0.867 bits per heavy atom. The van der Waals surface area contributed by atoms with E-state index < -0.39 is 11.9 Å². The molecule has 0 fully saturated rings. The monoisotopic (exact) mass is 414 g/mol. The normalized spacial score (nSPS) is 10.8. The smallest absolute Gasteiger partial charge is 0.344 e. The van der Waals surface area contributed by atoms with E-state index in [-0.39, 0.29) is 12.5 Å². The average molecular weight is 414 g/mol. The molecule has 0 amide bonds. The molecule has 0 saturated heterocycles. The van der Waals surface area contributed by atoms with Gasteiger partial charge in [-0.3, -0.25) is 0 Å². The molecule has 0 saturated carbocycles. The van der Waals surface area contributed by atoms with E-state index in [0.29, 0.717) is 56.7 Å². The number of hydrogen-bond acceptors (Lipinski definition) is 6. The van der Waals surface area contributed by atoms with E-state index in [0.717, 1.165) is 5.56 Å². The number of carbonyl (C=O) groups excluding carboxylic acids is 2. The predicted molar refractivity (Wildman–Crippen MR) is 115 cm³/mol. The van der Waals surface area contributed by atoms with Gasteiger partial charge in [0.05, 0.1) is 11.1 Å². The third kappa shape index (κ3) is 4.19. The number of hydrogen-bond donors (Lipinski definition) is 1. The van der Waals surface area contributed by atoms with Gasteiger partial charge < -0.3 is 19.3 Å². The molecule has 6 nitrogen and oxygen atoms in total. The minimum absolute atomic E-state index is 0.133. The molecule has 2 aromatic rings. The lowest BCUT2D eigenvalue weighted by Gasteiger charge is -2.20. The van der Waals surface area contributed by atoms with Crippen molar-refractivity contribution in [3.63, 3.8) is 0 Å². The van der Waals surface area contributed by atoms with E-state index in [1.165, 1.54) is 7.11 Å². The Morgan fingerprint density at radius 2 is 1.43 bits per heavy atom. The molecule has 0 atom stereocenters. The van der Waals surface area contributed by atoms with Gasteiger partial charge >= 0.3 is 11.9 Å². The molecular formula is C24H30O6. The molecule has 0 aromatic heterocycles. The van der Waals surface area contributed by atoms with Gasteiger partial charge in [-0.25, -0.2) is 9.59 Å². The fourth-order valence-electron chi connectivity index (χ4n) is 3.76. The summed E-state index contributed by atoms with van der Waals surface area (Å²) in [6, 6.07) is 1.58. The van der Waals surface area contributed by atoms with Crippen LogP contribution in [0, 0.1) is 41.5 Å². The van der Waals surface area contributed by atoms with E-state index >= 15 is 0 Å². The number of phenolic OH excluding ortho intramolecular Hbond substituents is 1. The molecule has 0 heterocycles. The lowest BCUT2D eigenvalue weighted by atomic mass is 9.92. The molecule has 0 spiro atoms. The Labute approximate surface area is 177 Å². The molecule has 0 aliphatic rings. The van der Waals surface area contributed by atoms with Gasteiger partial charge in [-0.1, -0.05) is 6.92 Å². The number of rotatable bonds is 6.